The van der Waals surface area contributed by atoms with Gasteiger partial charge in [0, 0.05) is 37.2 Å². The maximum absolute atomic E-state index is 13.0. The minimum absolute atomic E-state index is 0.0254. The predicted molar refractivity (Wildman–Crippen MR) is 102 cm³/mol. The minimum Gasteiger partial charge on any atom is -0.326 e. The summed E-state index contributed by atoms with van der Waals surface area (Å²) in [4.78, 5) is 38.2. The molecule has 146 valence electrons. The van der Waals surface area contributed by atoms with Crippen molar-refractivity contribution in [3.8, 4) is 0 Å². The molecule has 4 N–H and O–H groups in total. The van der Waals surface area contributed by atoms with Gasteiger partial charge in [-0.2, -0.15) is 0 Å². The number of carbonyl (C=O) groups is 3. The van der Waals surface area contributed by atoms with Crippen LogP contribution in [0.1, 0.15) is 55.1 Å². The van der Waals surface area contributed by atoms with Crippen molar-refractivity contribution in [3.63, 3.8) is 0 Å². The number of nitrogens with two attached hydrogens (primary N) is 1. The number of nitrogens with one attached hydrogen (secondary N) is 2. The lowest BCUT2D eigenvalue weighted by Crippen LogP contribution is -2.52. The molecule has 2 heterocycles. The summed E-state index contributed by atoms with van der Waals surface area (Å²) in [6.45, 7) is 7.16. The number of rotatable bonds is 6. The minimum atomic E-state index is -0.586. The van der Waals surface area contributed by atoms with Crippen LogP contribution in [0.15, 0.2) is 18.2 Å². The van der Waals surface area contributed by atoms with Gasteiger partial charge in [-0.15, -0.1) is 0 Å². The lowest BCUT2D eigenvalue weighted by molar-refractivity contribution is -0.136. The summed E-state index contributed by atoms with van der Waals surface area (Å²) >= 11 is 0. The molecule has 1 aromatic rings. The van der Waals surface area contributed by atoms with Crippen LogP contribution >= 0.6 is 0 Å². The van der Waals surface area contributed by atoms with Crippen molar-refractivity contribution in [2.75, 3.05) is 0 Å². The Balaban J connectivity index is 1.75. The molecule has 0 radical (unpaired) electrons. The van der Waals surface area contributed by atoms with E-state index in [4.69, 9.17) is 5.73 Å². The first-order chi connectivity index (χ1) is 12.8. The monoisotopic (exact) mass is 372 g/mol. The summed E-state index contributed by atoms with van der Waals surface area (Å²) in [6, 6.07) is 5.35. The molecule has 1 saturated heterocycles. The zero-order chi connectivity index (χ0) is 19.7. The molecule has 27 heavy (non-hydrogen) atoms. The van der Waals surface area contributed by atoms with Gasteiger partial charge in [0.1, 0.15) is 6.04 Å². The van der Waals surface area contributed by atoms with E-state index < -0.39 is 6.04 Å². The molecule has 1 fully saturated rings. The van der Waals surface area contributed by atoms with E-state index in [1.54, 1.807) is 4.90 Å². The molecule has 1 aromatic carbocycles. The third-order valence-corrected chi connectivity index (χ3v) is 5.60. The maximum Gasteiger partial charge on any atom is 0.255 e. The second-order valence-electron chi connectivity index (χ2n) is 7.84. The Labute approximate surface area is 159 Å². The Hall–Kier alpha value is -2.25. The number of nitrogens with zero attached hydrogens (tertiary/aromatic N) is 1. The van der Waals surface area contributed by atoms with E-state index in [0.29, 0.717) is 31.0 Å². The van der Waals surface area contributed by atoms with Crippen LogP contribution in [0, 0.1) is 5.92 Å². The summed E-state index contributed by atoms with van der Waals surface area (Å²) in [5, 5.41) is 5.75. The first kappa shape index (κ1) is 19.5. The van der Waals surface area contributed by atoms with Crippen LogP contribution in [0.25, 0.3) is 0 Å². The quantitative estimate of drug-likeness (QED) is 0.644. The fourth-order valence-corrected chi connectivity index (χ4v) is 3.82. The van der Waals surface area contributed by atoms with E-state index in [-0.39, 0.29) is 36.2 Å². The Morgan fingerprint density at radius 1 is 1.26 bits per heavy atom. The molecule has 0 saturated carbocycles. The molecular weight excluding hydrogens is 344 g/mol. The van der Waals surface area contributed by atoms with Gasteiger partial charge < -0.3 is 16.0 Å². The smallest absolute Gasteiger partial charge is 0.255 e. The molecule has 7 nitrogen and oxygen atoms in total. The van der Waals surface area contributed by atoms with Crippen molar-refractivity contribution >= 4 is 17.7 Å². The highest BCUT2D eigenvalue weighted by Gasteiger charge is 2.39. The summed E-state index contributed by atoms with van der Waals surface area (Å²) in [7, 11) is 0. The highest BCUT2D eigenvalue weighted by molar-refractivity contribution is 6.05. The van der Waals surface area contributed by atoms with Crippen molar-refractivity contribution in [2.24, 2.45) is 11.7 Å². The van der Waals surface area contributed by atoms with E-state index >= 15 is 0 Å². The van der Waals surface area contributed by atoms with Gasteiger partial charge in [0.15, 0.2) is 0 Å². The van der Waals surface area contributed by atoms with E-state index in [9.17, 15) is 14.4 Å². The third-order valence-electron chi connectivity index (χ3n) is 5.60. The number of hydrogen-bond donors (Lipinski definition) is 3. The van der Waals surface area contributed by atoms with Gasteiger partial charge in [0.05, 0.1) is 0 Å². The molecule has 2 aliphatic rings. The van der Waals surface area contributed by atoms with Gasteiger partial charge >= 0.3 is 0 Å². The number of fused-ring (bicyclic) bond motifs is 1. The van der Waals surface area contributed by atoms with Crippen molar-refractivity contribution in [3.05, 3.63) is 34.9 Å². The van der Waals surface area contributed by atoms with Crippen LogP contribution < -0.4 is 16.4 Å². The first-order valence-corrected chi connectivity index (χ1v) is 9.54. The molecule has 2 aliphatic heterocycles. The average molecular weight is 372 g/mol. The average Bonchev–Trinajstić information content (AvgIpc) is 2.96. The van der Waals surface area contributed by atoms with Crippen LogP contribution in [0.2, 0.25) is 0 Å². The number of benzene rings is 1. The molecule has 7 heteroatoms. The topological polar surface area (TPSA) is 105 Å². The first-order valence-electron chi connectivity index (χ1n) is 9.54. The van der Waals surface area contributed by atoms with E-state index in [0.717, 1.165) is 11.1 Å². The molecule has 3 unspecified atom stereocenters. The van der Waals surface area contributed by atoms with Gasteiger partial charge in [0.25, 0.3) is 5.91 Å². The molecule has 0 spiro atoms. The second-order valence-corrected chi connectivity index (χ2v) is 7.84. The summed E-state index contributed by atoms with van der Waals surface area (Å²) in [6.07, 6.45) is 0.633. The largest absolute Gasteiger partial charge is 0.326 e. The fourth-order valence-electron chi connectivity index (χ4n) is 3.82. The lowest BCUT2D eigenvalue weighted by Gasteiger charge is -2.29. The molecule has 0 bridgehead atoms. The van der Waals surface area contributed by atoms with E-state index in [1.165, 1.54) is 0 Å². The lowest BCUT2D eigenvalue weighted by atomic mass is 9.97. The number of hydrogen-bond acceptors (Lipinski definition) is 5. The van der Waals surface area contributed by atoms with Crippen molar-refractivity contribution < 1.29 is 14.4 Å². The number of carbonyl (C=O) groups excluding carboxylic acids is 3. The van der Waals surface area contributed by atoms with E-state index in [2.05, 4.69) is 24.5 Å². The highest BCUT2D eigenvalue weighted by Crippen LogP contribution is 2.29. The Morgan fingerprint density at radius 3 is 2.67 bits per heavy atom. The van der Waals surface area contributed by atoms with Crippen LogP contribution in [0.5, 0.6) is 0 Å². The van der Waals surface area contributed by atoms with Crippen LogP contribution in [0.4, 0.5) is 0 Å². The Bertz CT molecular complexity index is 762. The summed E-state index contributed by atoms with van der Waals surface area (Å²) in [5.41, 5.74) is 8.70. The van der Waals surface area contributed by atoms with E-state index in [1.807, 2.05) is 25.1 Å². The van der Waals surface area contributed by atoms with Gasteiger partial charge in [0.2, 0.25) is 11.8 Å². The molecule has 3 atom stereocenters. The van der Waals surface area contributed by atoms with Crippen LogP contribution in [-0.4, -0.2) is 40.7 Å². The fraction of sp³-hybridized carbons (Fsp3) is 0.550. The summed E-state index contributed by atoms with van der Waals surface area (Å²) in [5.74, 6) is -0.444. The molecular formula is C20H28N4O3. The molecule has 3 rings (SSSR count). The molecule has 0 aromatic heterocycles. The molecule has 0 aliphatic carbocycles. The Kier molecular flexibility index (Phi) is 5.62. The van der Waals surface area contributed by atoms with Gasteiger partial charge in [-0.1, -0.05) is 32.0 Å². The van der Waals surface area contributed by atoms with Gasteiger partial charge in [-0.25, -0.2) is 0 Å². The normalized spacial score (nSPS) is 22.0. The van der Waals surface area contributed by atoms with Crippen LogP contribution in [0.3, 0.4) is 0 Å². The SMILES string of the molecule is CC(C)C(N)C(C)NCc1cccc2c1C(=O)N(C1CCC(=O)NC1=O)C2. The number of amides is 3. The zero-order valence-corrected chi connectivity index (χ0v) is 16.1. The number of piperidine rings is 1. The van der Waals surface area contributed by atoms with Crippen molar-refractivity contribution in [1.29, 1.82) is 0 Å². The zero-order valence-electron chi connectivity index (χ0n) is 16.1. The number of imide groups is 1. The van der Waals surface area contributed by atoms with Crippen molar-refractivity contribution in [1.82, 2.24) is 15.5 Å². The summed E-state index contributed by atoms with van der Waals surface area (Å²) < 4.78 is 0. The Morgan fingerprint density at radius 2 is 2.00 bits per heavy atom. The highest BCUT2D eigenvalue weighted by atomic mass is 16.2. The van der Waals surface area contributed by atoms with Gasteiger partial charge in [-0.05, 0) is 30.4 Å². The predicted octanol–water partition coefficient (Wildman–Crippen LogP) is 0.909. The standard InChI is InChI=1S/C20H28N4O3/c1-11(2)18(21)12(3)22-9-13-5-4-6-14-10-24(20(27)17(13)14)15-7-8-16(25)23-19(15)26/h4-6,11-12,15,18,22H,7-10,21H2,1-3H3,(H,23,25,26). The maximum atomic E-state index is 13.0. The van der Waals surface area contributed by atoms with Crippen molar-refractivity contribution in [2.45, 2.75) is 64.8 Å². The third kappa shape index (κ3) is 3.89. The van der Waals surface area contributed by atoms with Crippen LogP contribution in [-0.2, 0) is 22.7 Å². The second kappa shape index (κ2) is 7.78. The molecule has 3 amide bonds. The van der Waals surface area contributed by atoms with Gasteiger partial charge in [-0.3, -0.25) is 19.7 Å².